The fraction of sp³-hybridized carbons (Fsp3) is 0.462. The summed E-state index contributed by atoms with van der Waals surface area (Å²) in [6.07, 6.45) is 1.14. The van der Waals surface area contributed by atoms with Crippen LogP contribution in [0.3, 0.4) is 0 Å². The third-order valence-corrected chi connectivity index (χ3v) is 3.27. The molecular weight excluding hydrogens is 216 g/mol. The van der Waals surface area contributed by atoms with Crippen LogP contribution in [-0.4, -0.2) is 30.7 Å². The van der Waals surface area contributed by atoms with Crippen molar-refractivity contribution in [1.82, 2.24) is 0 Å². The minimum atomic E-state index is -0.746. The van der Waals surface area contributed by atoms with Gasteiger partial charge < -0.3 is 15.7 Å². The second kappa shape index (κ2) is 5.19. The molecule has 0 saturated carbocycles. The van der Waals surface area contributed by atoms with Crippen molar-refractivity contribution in [2.75, 3.05) is 24.5 Å². The Morgan fingerprint density at radius 1 is 1.47 bits per heavy atom. The van der Waals surface area contributed by atoms with Gasteiger partial charge in [-0.05, 0) is 24.6 Å². The highest BCUT2D eigenvalue weighted by molar-refractivity contribution is 5.68. The van der Waals surface area contributed by atoms with E-state index in [9.17, 15) is 4.79 Å². The van der Waals surface area contributed by atoms with Crippen LogP contribution in [0.5, 0.6) is 0 Å². The normalized spacial score (nSPS) is 18.2. The zero-order valence-corrected chi connectivity index (χ0v) is 9.80. The maximum atomic E-state index is 10.6. The molecule has 0 spiro atoms. The van der Waals surface area contributed by atoms with Crippen molar-refractivity contribution < 1.29 is 9.90 Å². The number of nitrogens with zero attached hydrogens (tertiary/aromatic N) is 1. The average molecular weight is 234 g/mol. The largest absolute Gasteiger partial charge is 0.481 e. The Balaban J connectivity index is 2.13. The van der Waals surface area contributed by atoms with Crippen LogP contribution < -0.4 is 10.6 Å². The lowest BCUT2D eigenvalue weighted by molar-refractivity contribution is -0.136. The minimum Gasteiger partial charge on any atom is -0.481 e. The van der Waals surface area contributed by atoms with E-state index in [1.807, 2.05) is 12.1 Å². The second-order valence-corrected chi connectivity index (χ2v) is 4.42. The topological polar surface area (TPSA) is 66.6 Å². The van der Waals surface area contributed by atoms with Gasteiger partial charge in [0.1, 0.15) is 0 Å². The van der Waals surface area contributed by atoms with Crippen LogP contribution in [0.4, 0.5) is 5.69 Å². The van der Waals surface area contributed by atoms with E-state index in [2.05, 4.69) is 17.0 Å². The fourth-order valence-electron chi connectivity index (χ4n) is 2.47. The van der Waals surface area contributed by atoms with Crippen molar-refractivity contribution in [2.24, 2.45) is 5.73 Å². The quantitative estimate of drug-likeness (QED) is 0.808. The van der Waals surface area contributed by atoms with Gasteiger partial charge in [-0.25, -0.2) is 0 Å². The SMILES string of the molecule is NCCC1CN(CCC(=O)O)c2ccccc21. The predicted octanol–water partition coefficient (Wildman–Crippen LogP) is 1.41. The summed E-state index contributed by atoms with van der Waals surface area (Å²) in [6, 6.07) is 8.21. The molecule has 92 valence electrons. The molecule has 0 saturated heterocycles. The number of fused-ring (bicyclic) bond motifs is 1. The summed E-state index contributed by atoms with van der Waals surface area (Å²) >= 11 is 0. The Kier molecular flexibility index (Phi) is 3.64. The molecule has 4 heteroatoms. The molecule has 0 aromatic heterocycles. The zero-order valence-electron chi connectivity index (χ0n) is 9.80. The van der Waals surface area contributed by atoms with Crippen molar-refractivity contribution in [3.63, 3.8) is 0 Å². The monoisotopic (exact) mass is 234 g/mol. The molecule has 1 aromatic carbocycles. The zero-order chi connectivity index (χ0) is 12.3. The Labute approximate surface area is 101 Å². The molecule has 17 heavy (non-hydrogen) atoms. The van der Waals surface area contributed by atoms with E-state index < -0.39 is 5.97 Å². The van der Waals surface area contributed by atoms with E-state index in [0.717, 1.165) is 13.0 Å². The number of carboxylic acids is 1. The number of aliphatic carboxylic acids is 1. The Morgan fingerprint density at radius 2 is 2.24 bits per heavy atom. The average Bonchev–Trinajstić information content (AvgIpc) is 2.66. The van der Waals surface area contributed by atoms with Crippen LogP contribution in [-0.2, 0) is 4.79 Å². The number of carboxylic acid groups (broad SMARTS) is 1. The molecule has 0 amide bonds. The molecule has 0 fully saturated rings. The molecule has 0 radical (unpaired) electrons. The van der Waals surface area contributed by atoms with Gasteiger partial charge in [0.2, 0.25) is 0 Å². The molecule has 4 nitrogen and oxygen atoms in total. The summed E-state index contributed by atoms with van der Waals surface area (Å²) < 4.78 is 0. The standard InChI is InChI=1S/C13H18N2O2/c14-7-5-10-9-15(8-6-13(16)17)12-4-2-1-3-11(10)12/h1-4,10H,5-9,14H2,(H,16,17). The second-order valence-electron chi connectivity index (χ2n) is 4.42. The van der Waals surface area contributed by atoms with Gasteiger partial charge in [-0.3, -0.25) is 4.79 Å². The predicted molar refractivity (Wildman–Crippen MR) is 67.3 cm³/mol. The number of hydrogen-bond acceptors (Lipinski definition) is 3. The number of rotatable bonds is 5. The lowest BCUT2D eigenvalue weighted by atomic mass is 9.98. The summed E-state index contributed by atoms with van der Waals surface area (Å²) in [7, 11) is 0. The smallest absolute Gasteiger partial charge is 0.305 e. The Bertz CT molecular complexity index is 406. The maximum absolute atomic E-state index is 10.6. The van der Waals surface area contributed by atoms with E-state index in [0.29, 0.717) is 19.0 Å². The lowest BCUT2D eigenvalue weighted by Crippen LogP contribution is -2.25. The molecule has 1 aromatic rings. The lowest BCUT2D eigenvalue weighted by Gasteiger charge is -2.18. The van der Waals surface area contributed by atoms with Gasteiger partial charge in [-0.1, -0.05) is 18.2 Å². The first kappa shape index (κ1) is 11.9. The number of benzene rings is 1. The molecule has 3 N–H and O–H groups in total. The highest BCUT2D eigenvalue weighted by Crippen LogP contribution is 2.37. The van der Waals surface area contributed by atoms with Crippen LogP contribution in [0.2, 0.25) is 0 Å². The van der Waals surface area contributed by atoms with E-state index >= 15 is 0 Å². The number of carbonyl (C=O) groups is 1. The van der Waals surface area contributed by atoms with Crippen molar-refractivity contribution in [1.29, 1.82) is 0 Å². The first-order valence-corrected chi connectivity index (χ1v) is 5.98. The van der Waals surface area contributed by atoms with Crippen molar-refractivity contribution in [3.8, 4) is 0 Å². The molecule has 1 heterocycles. The minimum absolute atomic E-state index is 0.184. The summed E-state index contributed by atoms with van der Waals surface area (Å²) in [4.78, 5) is 12.8. The van der Waals surface area contributed by atoms with Crippen LogP contribution in [0.25, 0.3) is 0 Å². The fourth-order valence-corrected chi connectivity index (χ4v) is 2.47. The van der Waals surface area contributed by atoms with Gasteiger partial charge in [0.05, 0.1) is 6.42 Å². The van der Waals surface area contributed by atoms with Gasteiger partial charge in [-0.2, -0.15) is 0 Å². The van der Waals surface area contributed by atoms with Crippen LogP contribution in [0.15, 0.2) is 24.3 Å². The van der Waals surface area contributed by atoms with E-state index in [-0.39, 0.29) is 6.42 Å². The van der Waals surface area contributed by atoms with Gasteiger partial charge in [0.25, 0.3) is 0 Å². The molecule has 0 aliphatic carbocycles. The van der Waals surface area contributed by atoms with Crippen molar-refractivity contribution in [2.45, 2.75) is 18.8 Å². The first-order chi connectivity index (χ1) is 8.22. The maximum Gasteiger partial charge on any atom is 0.305 e. The Hall–Kier alpha value is -1.55. The molecule has 0 bridgehead atoms. The number of anilines is 1. The van der Waals surface area contributed by atoms with Gasteiger partial charge in [0.15, 0.2) is 0 Å². The van der Waals surface area contributed by atoms with Gasteiger partial charge in [0, 0.05) is 24.7 Å². The number of nitrogens with two attached hydrogens (primary N) is 1. The third kappa shape index (κ3) is 2.58. The van der Waals surface area contributed by atoms with E-state index in [1.165, 1.54) is 11.3 Å². The summed E-state index contributed by atoms with van der Waals surface area (Å²) in [5, 5.41) is 8.74. The summed E-state index contributed by atoms with van der Waals surface area (Å²) in [5.74, 6) is -0.297. The third-order valence-electron chi connectivity index (χ3n) is 3.27. The summed E-state index contributed by atoms with van der Waals surface area (Å²) in [6.45, 7) is 2.14. The highest BCUT2D eigenvalue weighted by Gasteiger charge is 2.27. The van der Waals surface area contributed by atoms with Gasteiger partial charge in [-0.15, -0.1) is 0 Å². The number of hydrogen-bond donors (Lipinski definition) is 2. The van der Waals surface area contributed by atoms with E-state index in [1.54, 1.807) is 0 Å². The molecule has 2 rings (SSSR count). The van der Waals surface area contributed by atoms with Crippen LogP contribution in [0.1, 0.15) is 24.3 Å². The van der Waals surface area contributed by atoms with Crippen LogP contribution in [0, 0.1) is 0 Å². The molecule has 1 aliphatic heterocycles. The highest BCUT2D eigenvalue weighted by atomic mass is 16.4. The van der Waals surface area contributed by atoms with Crippen LogP contribution >= 0.6 is 0 Å². The molecule has 1 aliphatic rings. The van der Waals surface area contributed by atoms with Crippen molar-refractivity contribution >= 4 is 11.7 Å². The molecular formula is C13H18N2O2. The summed E-state index contributed by atoms with van der Waals surface area (Å²) in [5.41, 5.74) is 8.10. The molecule has 1 unspecified atom stereocenters. The number of para-hydroxylation sites is 1. The molecule has 1 atom stereocenters. The van der Waals surface area contributed by atoms with E-state index in [4.69, 9.17) is 10.8 Å². The van der Waals surface area contributed by atoms with Crippen molar-refractivity contribution in [3.05, 3.63) is 29.8 Å². The Morgan fingerprint density at radius 3 is 2.94 bits per heavy atom. The van der Waals surface area contributed by atoms with Gasteiger partial charge >= 0.3 is 5.97 Å². The first-order valence-electron chi connectivity index (χ1n) is 5.98.